The Labute approximate surface area is 115 Å². The fourth-order valence-electron chi connectivity index (χ4n) is 1.71. The molecular weight excluding hydrogens is 298 g/mol. The summed E-state index contributed by atoms with van der Waals surface area (Å²) in [4.78, 5) is 0. The molecule has 2 aromatic rings. The molecule has 0 saturated heterocycles. The molecule has 2 N–H and O–H groups in total. The zero-order valence-electron chi connectivity index (χ0n) is 9.45. The zero-order valence-corrected chi connectivity index (χ0v) is 11.8. The van der Waals surface area contributed by atoms with Gasteiger partial charge in [-0.05, 0) is 30.2 Å². The Morgan fingerprint density at radius 2 is 1.76 bits per heavy atom. The van der Waals surface area contributed by atoms with Crippen LogP contribution in [0.25, 0.3) is 0 Å². The van der Waals surface area contributed by atoms with Crippen LogP contribution in [-0.2, 0) is 0 Å². The van der Waals surface area contributed by atoms with Gasteiger partial charge in [0.2, 0.25) is 0 Å². The van der Waals surface area contributed by atoms with Crippen LogP contribution in [-0.4, -0.2) is 0 Å². The van der Waals surface area contributed by atoms with E-state index < -0.39 is 0 Å². The molecule has 1 unspecified atom stereocenters. The Bertz CT molecular complexity index is 522. The molecule has 0 aliphatic heterocycles. The van der Waals surface area contributed by atoms with Crippen LogP contribution in [0.3, 0.4) is 0 Å². The minimum atomic E-state index is -0.184. The van der Waals surface area contributed by atoms with E-state index >= 15 is 0 Å². The summed E-state index contributed by atoms with van der Waals surface area (Å²) in [6.45, 7) is 2.06. The van der Waals surface area contributed by atoms with Crippen molar-refractivity contribution < 1.29 is 0 Å². The summed E-state index contributed by atoms with van der Waals surface area (Å²) in [5.41, 5.74) is 9.45. The van der Waals surface area contributed by atoms with E-state index in [1.807, 2.05) is 30.3 Å². The second-order valence-electron chi connectivity index (χ2n) is 4.05. The standard InChI is InChI=1S/C14H13BrClN/c1-9-2-4-10(5-3-9)14(17)12-7-6-11(15)8-13(12)16/h2-8,14H,17H2,1H3. The Morgan fingerprint density at radius 1 is 1.12 bits per heavy atom. The van der Waals surface area contributed by atoms with E-state index in [1.165, 1.54) is 5.56 Å². The second kappa shape index (κ2) is 5.21. The van der Waals surface area contributed by atoms with E-state index in [-0.39, 0.29) is 6.04 Å². The first-order valence-electron chi connectivity index (χ1n) is 5.35. The molecule has 0 heterocycles. The fraction of sp³-hybridized carbons (Fsp3) is 0.143. The van der Waals surface area contributed by atoms with Crippen molar-refractivity contribution in [2.24, 2.45) is 5.73 Å². The Morgan fingerprint density at radius 3 is 2.35 bits per heavy atom. The van der Waals surface area contributed by atoms with Crippen LogP contribution in [0.5, 0.6) is 0 Å². The van der Waals surface area contributed by atoms with Crippen molar-refractivity contribution in [3.05, 3.63) is 68.7 Å². The summed E-state index contributed by atoms with van der Waals surface area (Å²) in [7, 11) is 0. The topological polar surface area (TPSA) is 26.0 Å². The summed E-state index contributed by atoms with van der Waals surface area (Å²) in [6.07, 6.45) is 0. The first-order valence-corrected chi connectivity index (χ1v) is 6.52. The fourth-order valence-corrected chi connectivity index (χ4v) is 2.50. The molecule has 1 nitrogen and oxygen atoms in total. The van der Waals surface area contributed by atoms with Gasteiger partial charge >= 0.3 is 0 Å². The molecule has 0 amide bonds. The summed E-state index contributed by atoms with van der Waals surface area (Å²) in [6, 6.07) is 13.8. The summed E-state index contributed by atoms with van der Waals surface area (Å²) < 4.78 is 0.961. The quantitative estimate of drug-likeness (QED) is 0.871. The highest BCUT2D eigenvalue weighted by Gasteiger charge is 2.12. The van der Waals surface area contributed by atoms with E-state index in [0.29, 0.717) is 5.02 Å². The van der Waals surface area contributed by atoms with Crippen molar-refractivity contribution >= 4 is 27.5 Å². The van der Waals surface area contributed by atoms with Crippen LogP contribution >= 0.6 is 27.5 Å². The lowest BCUT2D eigenvalue weighted by Crippen LogP contribution is -2.12. The Balaban J connectivity index is 2.36. The third-order valence-corrected chi connectivity index (χ3v) is 3.55. The maximum Gasteiger partial charge on any atom is 0.0566 e. The monoisotopic (exact) mass is 309 g/mol. The largest absolute Gasteiger partial charge is 0.320 e. The lowest BCUT2D eigenvalue weighted by Gasteiger charge is -2.14. The predicted molar refractivity (Wildman–Crippen MR) is 76.4 cm³/mol. The number of halogens is 2. The third-order valence-electron chi connectivity index (χ3n) is 2.73. The molecule has 0 saturated carbocycles. The maximum absolute atomic E-state index is 6.22. The molecule has 17 heavy (non-hydrogen) atoms. The average Bonchev–Trinajstić information content (AvgIpc) is 2.29. The van der Waals surface area contributed by atoms with Gasteiger partial charge in [0.25, 0.3) is 0 Å². The number of rotatable bonds is 2. The molecule has 2 rings (SSSR count). The molecule has 0 fully saturated rings. The second-order valence-corrected chi connectivity index (χ2v) is 5.38. The minimum Gasteiger partial charge on any atom is -0.320 e. The van der Waals surface area contributed by atoms with Crippen molar-refractivity contribution in [2.45, 2.75) is 13.0 Å². The number of hydrogen-bond acceptors (Lipinski definition) is 1. The van der Waals surface area contributed by atoms with E-state index in [2.05, 4.69) is 35.0 Å². The first kappa shape index (κ1) is 12.6. The van der Waals surface area contributed by atoms with Crippen LogP contribution in [0, 0.1) is 6.92 Å². The molecule has 0 radical (unpaired) electrons. The molecule has 2 aromatic carbocycles. The maximum atomic E-state index is 6.22. The van der Waals surface area contributed by atoms with Crippen molar-refractivity contribution in [1.29, 1.82) is 0 Å². The molecule has 0 spiro atoms. The van der Waals surface area contributed by atoms with Crippen molar-refractivity contribution in [3.8, 4) is 0 Å². The van der Waals surface area contributed by atoms with Crippen LogP contribution in [0.15, 0.2) is 46.9 Å². The molecule has 0 bridgehead atoms. The third kappa shape index (κ3) is 2.89. The van der Waals surface area contributed by atoms with Crippen LogP contribution in [0.4, 0.5) is 0 Å². The van der Waals surface area contributed by atoms with Gasteiger partial charge in [0, 0.05) is 9.50 Å². The number of nitrogens with two attached hydrogens (primary N) is 1. The van der Waals surface area contributed by atoms with Gasteiger partial charge in [-0.1, -0.05) is 63.4 Å². The van der Waals surface area contributed by atoms with Crippen molar-refractivity contribution in [2.75, 3.05) is 0 Å². The minimum absolute atomic E-state index is 0.184. The molecule has 0 aromatic heterocycles. The zero-order chi connectivity index (χ0) is 12.4. The van der Waals surface area contributed by atoms with Crippen LogP contribution in [0.2, 0.25) is 5.02 Å². The van der Waals surface area contributed by atoms with Gasteiger partial charge in [0.15, 0.2) is 0 Å². The highest BCUT2D eigenvalue weighted by molar-refractivity contribution is 9.10. The van der Waals surface area contributed by atoms with Gasteiger partial charge in [-0.3, -0.25) is 0 Å². The lowest BCUT2D eigenvalue weighted by molar-refractivity contribution is 0.870. The molecule has 88 valence electrons. The average molecular weight is 311 g/mol. The predicted octanol–water partition coefficient (Wildman–Crippen LogP) is 4.46. The summed E-state index contributed by atoms with van der Waals surface area (Å²) in [5.74, 6) is 0. The summed E-state index contributed by atoms with van der Waals surface area (Å²) >= 11 is 9.58. The first-order chi connectivity index (χ1) is 8.08. The van der Waals surface area contributed by atoms with Gasteiger partial charge in [0.1, 0.15) is 0 Å². The molecule has 3 heteroatoms. The molecule has 0 aliphatic carbocycles. The van der Waals surface area contributed by atoms with Crippen molar-refractivity contribution in [1.82, 2.24) is 0 Å². The molecule has 1 atom stereocenters. The smallest absolute Gasteiger partial charge is 0.0566 e. The Kier molecular flexibility index (Phi) is 3.87. The van der Waals surface area contributed by atoms with E-state index in [0.717, 1.165) is 15.6 Å². The highest BCUT2D eigenvalue weighted by atomic mass is 79.9. The number of aryl methyl sites for hydroxylation is 1. The SMILES string of the molecule is Cc1ccc(C(N)c2ccc(Br)cc2Cl)cc1. The van der Waals surface area contributed by atoms with Gasteiger partial charge in [0.05, 0.1) is 6.04 Å². The van der Waals surface area contributed by atoms with Crippen LogP contribution < -0.4 is 5.73 Å². The van der Waals surface area contributed by atoms with Gasteiger partial charge < -0.3 is 5.73 Å². The highest BCUT2D eigenvalue weighted by Crippen LogP contribution is 2.29. The Hall–Kier alpha value is -0.830. The van der Waals surface area contributed by atoms with Gasteiger partial charge in [-0.2, -0.15) is 0 Å². The molecular formula is C14H13BrClN. The van der Waals surface area contributed by atoms with E-state index in [4.69, 9.17) is 17.3 Å². The van der Waals surface area contributed by atoms with Gasteiger partial charge in [-0.15, -0.1) is 0 Å². The summed E-state index contributed by atoms with van der Waals surface area (Å²) in [5, 5.41) is 0.687. The molecule has 0 aliphatic rings. The van der Waals surface area contributed by atoms with E-state index in [1.54, 1.807) is 0 Å². The number of hydrogen-bond donors (Lipinski definition) is 1. The number of benzene rings is 2. The normalized spacial score (nSPS) is 12.5. The van der Waals surface area contributed by atoms with Crippen LogP contribution in [0.1, 0.15) is 22.7 Å². The van der Waals surface area contributed by atoms with Crippen molar-refractivity contribution in [3.63, 3.8) is 0 Å². The van der Waals surface area contributed by atoms with E-state index in [9.17, 15) is 0 Å². The lowest BCUT2D eigenvalue weighted by atomic mass is 9.99. The van der Waals surface area contributed by atoms with Gasteiger partial charge in [-0.25, -0.2) is 0 Å².